The van der Waals surface area contributed by atoms with Crippen molar-refractivity contribution < 1.29 is 9.57 Å². The monoisotopic (exact) mass is 332 g/mol. The van der Waals surface area contributed by atoms with Gasteiger partial charge >= 0.3 is 0 Å². The van der Waals surface area contributed by atoms with E-state index in [1.54, 1.807) is 11.0 Å². The second kappa shape index (κ2) is 7.41. The molecule has 0 unspecified atom stereocenters. The van der Waals surface area contributed by atoms with Crippen molar-refractivity contribution in [2.45, 2.75) is 39.6 Å². The largest absolute Gasteiger partial charge is 0.497 e. The molecule has 0 aliphatic rings. The first-order valence-corrected chi connectivity index (χ1v) is 11.4. The lowest BCUT2D eigenvalue weighted by molar-refractivity contribution is 0.0851. The summed E-state index contributed by atoms with van der Waals surface area (Å²) in [6, 6.07) is 7.79. The van der Waals surface area contributed by atoms with Gasteiger partial charge in [-0.15, -0.1) is 0 Å². The van der Waals surface area contributed by atoms with Gasteiger partial charge < -0.3 is 9.57 Å². The third-order valence-electron chi connectivity index (χ3n) is 2.75. The van der Waals surface area contributed by atoms with E-state index in [1.165, 1.54) is 6.33 Å². The third-order valence-corrected chi connectivity index (χ3v) is 3.76. The Kier molecular flexibility index (Phi) is 5.54. The van der Waals surface area contributed by atoms with Crippen LogP contribution in [0.15, 0.2) is 42.1 Å². The summed E-state index contributed by atoms with van der Waals surface area (Å²) in [6.07, 6.45) is 3.82. The van der Waals surface area contributed by atoms with Crippen LogP contribution in [0.25, 0.3) is 0 Å². The van der Waals surface area contributed by atoms with Gasteiger partial charge in [-0.2, -0.15) is 9.78 Å². The van der Waals surface area contributed by atoms with Crippen LogP contribution in [-0.2, 0) is 4.84 Å². The van der Waals surface area contributed by atoms with Gasteiger partial charge in [0, 0.05) is 5.56 Å². The number of aromatic nitrogens is 3. The number of hydrogen-bond acceptors (Lipinski definition) is 5. The molecular weight excluding hydrogens is 308 g/mol. The topological polar surface area (TPSA) is 61.5 Å². The fraction of sp³-hybridized carbons (Fsp3) is 0.438. The Bertz CT molecular complexity index is 648. The standard InChI is InChI=1S/C16H24N4O2Si/c1-13(2)22-19-16(20-11-17-10-18-20)14-7-6-8-15(9-14)21-12-23(3,4)5/h6-11,13H,12H2,1-5H3/b19-16+. The maximum absolute atomic E-state index is 5.92. The quantitative estimate of drug-likeness (QED) is 0.353. The molecule has 0 aliphatic carbocycles. The molecule has 0 atom stereocenters. The third kappa shape index (κ3) is 5.52. The van der Waals surface area contributed by atoms with E-state index in [2.05, 4.69) is 34.9 Å². The van der Waals surface area contributed by atoms with Crippen LogP contribution in [0.4, 0.5) is 0 Å². The van der Waals surface area contributed by atoms with Crippen molar-refractivity contribution in [2.75, 3.05) is 6.23 Å². The van der Waals surface area contributed by atoms with Gasteiger partial charge in [0.05, 0.1) is 14.3 Å². The van der Waals surface area contributed by atoms with Gasteiger partial charge in [-0.3, -0.25) is 0 Å². The summed E-state index contributed by atoms with van der Waals surface area (Å²) in [4.78, 5) is 9.38. The predicted octanol–water partition coefficient (Wildman–Crippen LogP) is 3.17. The lowest BCUT2D eigenvalue weighted by Crippen LogP contribution is -2.30. The minimum absolute atomic E-state index is 0.0140. The van der Waals surface area contributed by atoms with E-state index < -0.39 is 8.07 Å². The van der Waals surface area contributed by atoms with E-state index >= 15 is 0 Å². The van der Waals surface area contributed by atoms with E-state index in [9.17, 15) is 0 Å². The molecule has 2 aromatic rings. The molecule has 124 valence electrons. The number of nitrogens with zero attached hydrogens (tertiary/aromatic N) is 4. The average molecular weight is 332 g/mol. The highest BCUT2D eigenvalue weighted by molar-refractivity contribution is 6.76. The van der Waals surface area contributed by atoms with Gasteiger partial charge in [0.2, 0.25) is 5.84 Å². The van der Waals surface area contributed by atoms with Gasteiger partial charge in [-0.25, -0.2) is 4.98 Å². The van der Waals surface area contributed by atoms with Crippen molar-refractivity contribution in [3.63, 3.8) is 0 Å². The van der Waals surface area contributed by atoms with E-state index in [4.69, 9.17) is 9.57 Å². The zero-order valence-electron chi connectivity index (χ0n) is 14.4. The molecule has 0 saturated carbocycles. The summed E-state index contributed by atoms with van der Waals surface area (Å²) in [5.41, 5.74) is 0.865. The van der Waals surface area contributed by atoms with E-state index in [1.807, 2.05) is 38.1 Å². The molecule has 0 fully saturated rings. The van der Waals surface area contributed by atoms with Crippen molar-refractivity contribution >= 4 is 13.9 Å². The molecule has 0 N–H and O–H groups in total. The minimum Gasteiger partial charge on any atom is -0.497 e. The Labute approximate surface area is 138 Å². The SMILES string of the molecule is CC(C)O/N=C(\c1cccc(OC[Si](C)(C)C)c1)n1cncn1. The fourth-order valence-electron chi connectivity index (χ4n) is 1.72. The van der Waals surface area contributed by atoms with Crippen molar-refractivity contribution in [2.24, 2.45) is 5.16 Å². The first-order valence-electron chi connectivity index (χ1n) is 7.67. The van der Waals surface area contributed by atoms with Crippen LogP contribution >= 0.6 is 0 Å². The highest BCUT2D eigenvalue weighted by Crippen LogP contribution is 2.16. The molecule has 0 radical (unpaired) electrons. The molecule has 0 saturated heterocycles. The lowest BCUT2D eigenvalue weighted by Gasteiger charge is -2.17. The first kappa shape index (κ1) is 17.2. The zero-order valence-corrected chi connectivity index (χ0v) is 15.4. The maximum atomic E-state index is 5.92. The van der Waals surface area contributed by atoms with Crippen LogP contribution in [0.3, 0.4) is 0 Å². The second-order valence-electron chi connectivity index (χ2n) is 6.79. The van der Waals surface area contributed by atoms with Crippen molar-refractivity contribution in [1.29, 1.82) is 0 Å². The first-order chi connectivity index (χ1) is 10.8. The van der Waals surface area contributed by atoms with Crippen LogP contribution in [-0.4, -0.2) is 41.0 Å². The van der Waals surface area contributed by atoms with Gasteiger partial charge in [-0.1, -0.05) is 36.9 Å². The number of benzene rings is 1. The highest BCUT2D eigenvalue weighted by atomic mass is 28.3. The van der Waals surface area contributed by atoms with Crippen molar-refractivity contribution in [3.05, 3.63) is 42.5 Å². The fourth-order valence-corrected chi connectivity index (χ4v) is 2.32. The van der Waals surface area contributed by atoms with E-state index in [0.29, 0.717) is 5.84 Å². The van der Waals surface area contributed by atoms with Crippen LogP contribution in [0.5, 0.6) is 5.75 Å². The number of rotatable bonds is 6. The maximum Gasteiger partial charge on any atom is 0.201 e. The molecule has 7 heteroatoms. The molecule has 1 aromatic carbocycles. The van der Waals surface area contributed by atoms with Gasteiger partial charge in [0.15, 0.2) is 0 Å². The molecule has 6 nitrogen and oxygen atoms in total. The van der Waals surface area contributed by atoms with E-state index in [0.717, 1.165) is 17.5 Å². The summed E-state index contributed by atoms with van der Waals surface area (Å²) in [7, 11) is -1.27. The Morgan fingerprint density at radius 2 is 2.09 bits per heavy atom. The van der Waals surface area contributed by atoms with Gasteiger partial charge in [-0.05, 0) is 26.0 Å². The summed E-state index contributed by atoms with van der Waals surface area (Å²) < 4.78 is 7.51. The molecule has 1 aromatic heterocycles. The zero-order chi connectivity index (χ0) is 16.9. The van der Waals surface area contributed by atoms with Gasteiger partial charge in [0.25, 0.3) is 0 Å². The summed E-state index contributed by atoms with van der Waals surface area (Å²) in [6.45, 7) is 10.7. The minimum atomic E-state index is -1.27. The lowest BCUT2D eigenvalue weighted by atomic mass is 10.2. The van der Waals surface area contributed by atoms with Crippen LogP contribution < -0.4 is 4.74 Å². The Morgan fingerprint density at radius 1 is 1.30 bits per heavy atom. The van der Waals surface area contributed by atoms with Crippen LogP contribution in [0.1, 0.15) is 19.4 Å². The Balaban J connectivity index is 2.27. The molecule has 0 amide bonds. The summed E-state index contributed by atoms with van der Waals surface area (Å²) in [5.74, 6) is 1.40. The molecule has 0 bridgehead atoms. The molecule has 1 heterocycles. The smallest absolute Gasteiger partial charge is 0.201 e. The normalized spacial score (nSPS) is 12.5. The highest BCUT2D eigenvalue weighted by Gasteiger charge is 2.15. The average Bonchev–Trinajstić information content (AvgIpc) is 2.99. The Hall–Kier alpha value is -2.15. The Morgan fingerprint density at radius 3 is 2.70 bits per heavy atom. The van der Waals surface area contributed by atoms with E-state index in [-0.39, 0.29) is 6.10 Å². The molecule has 2 rings (SSSR count). The summed E-state index contributed by atoms with van der Waals surface area (Å²) >= 11 is 0. The molecule has 23 heavy (non-hydrogen) atoms. The molecular formula is C16H24N4O2Si. The number of ether oxygens (including phenoxy) is 1. The summed E-state index contributed by atoms with van der Waals surface area (Å²) in [5, 5.41) is 8.36. The number of hydrogen-bond donors (Lipinski definition) is 0. The van der Waals surface area contributed by atoms with Gasteiger partial charge in [0.1, 0.15) is 24.5 Å². The predicted molar refractivity (Wildman–Crippen MR) is 93.5 cm³/mol. The second-order valence-corrected chi connectivity index (χ2v) is 12.2. The van der Waals surface area contributed by atoms with Crippen molar-refractivity contribution in [3.8, 4) is 5.75 Å². The van der Waals surface area contributed by atoms with Crippen molar-refractivity contribution in [1.82, 2.24) is 14.8 Å². The van der Waals surface area contributed by atoms with Crippen LogP contribution in [0.2, 0.25) is 19.6 Å². The molecule has 0 aliphatic heterocycles. The number of oxime groups is 1. The molecule has 0 spiro atoms. The van der Waals surface area contributed by atoms with Crippen LogP contribution in [0, 0.1) is 0 Å².